The van der Waals surface area contributed by atoms with Gasteiger partial charge in [0.05, 0.1) is 0 Å². The average Bonchev–Trinajstić information content (AvgIpc) is 2.85. The number of piperidine rings is 1. The zero-order valence-corrected chi connectivity index (χ0v) is 18.7. The van der Waals surface area contributed by atoms with Gasteiger partial charge in [0.25, 0.3) is 5.91 Å². The average molecular weight is 443 g/mol. The molecule has 4 rings (SSSR count). The van der Waals surface area contributed by atoms with Crippen LogP contribution in [0.4, 0.5) is 16.2 Å². The first-order valence-corrected chi connectivity index (χ1v) is 11.5. The van der Waals surface area contributed by atoms with E-state index in [2.05, 4.69) is 39.0 Å². The number of nitrogens with zero attached hydrogens (tertiary/aromatic N) is 1. The Morgan fingerprint density at radius 3 is 2.06 bits per heavy atom. The number of carbonyl (C=O) groups excluding carboxylic acids is 2. The van der Waals surface area contributed by atoms with E-state index < -0.39 is 0 Å². The summed E-state index contributed by atoms with van der Waals surface area (Å²) in [6.07, 6.45) is 3.84. The number of nitrogens with one attached hydrogen (secondary N) is 3. The molecular formula is C27H30N4O2. The Labute approximate surface area is 195 Å². The minimum absolute atomic E-state index is 0.192. The molecule has 1 aliphatic heterocycles. The molecule has 1 fully saturated rings. The minimum Gasteiger partial charge on any atom is -0.334 e. The van der Waals surface area contributed by atoms with Crippen molar-refractivity contribution in [3.8, 4) is 0 Å². The van der Waals surface area contributed by atoms with Gasteiger partial charge >= 0.3 is 6.03 Å². The summed E-state index contributed by atoms with van der Waals surface area (Å²) >= 11 is 0. The fourth-order valence-corrected chi connectivity index (χ4v) is 4.02. The second-order valence-electron chi connectivity index (χ2n) is 8.31. The number of carbonyl (C=O) groups is 2. The van der Waals surface area contributed by atoms with E-state index in [1.807, 2.05) is 36.4 Å². The summed E-state index contributed by atoms with van der Waals surface area (Å²) in [6, 6.07) is 24.1. The molecule has 0 aliphatic carbocycles. The summed E-state index contributed by atoms with van der Waals surface area (Å²) < 4.78 is 0. The van der Waals surface area contributed by atoms with Gasteiger partial charge < -0.3 is 16.0 Å². The van der Waals surface area contributed by atoms with Crippen molar-refractivity contribution in [3.63, 3.8) is 0 Å². The molecule has 0 radical (unpaired) electrons. The molecule has 0 aromatic heterocycles. The zero-order chi connectivity index (χ0) is 22.9. The quantitative estimate of drug-likeness (QED) is 0.468. The van der Waals surface area contributed by atoms with Gasteiger partial charge in [0.2, 0.25) is 0 Å². The van der Waals surface area contributed by atoms with Gasteiger partial charge in [-0.3, -0.25) is 9.69 Å². The second kappa shape index (κ2) is 11.3. The number of hydrogen-bond acceptors (Lipinski definition) is 3. The molecule has 33 heavy (non-hydrogen) atoms. The van der Waals surface area contributed by atoms with Gasteiger partial charge in [-0.15, -0.1) is 0 Å². The Balaban J connectivity index is 1.28. The summed E-state index contributed by atoms with van der Waals surface area (Å²) in [5.41, 5.74) is 4.28. The van der Waals surface area contributed by atoms with Crippen LogP contribution < -0.4 is 16.0 Å². The van der Waals surface area contributed by atoms with Gasteiger partial charge in [-0.2, -0.15) is 0 Å². The molecule has 3 N–H and O–H groups in total. The van der Waals surface area contributed by atoms with Crippen LogP contribution >= 0.6 is 0 Å². The van der Waals surface area contributed by atoms with Crippen LogP contribution in [0.5, 0.6) is 0 Å². The third-order valence-corrected chi connectivity index (χ3v) is 5.84. The fraction of sp³-hybridized carbons (Fsp3) is 0.259. The molecule has 1 saturated heterocycles. The van der Waals surface area contributed by atoms with E-state index in [0.717, 1.165) is 30.9 Å². The molecule has 0 unspecified atom stereocenters. The smallest absolute Gasteiger partial charge is 0.319 e. The van der Waals surface area contributed by atoms with E-state index in [-0.39, 0.29) is 11.9 Å². The Hall–Kier alpha value is -3.64. The first-order valence-electron chi connectivity index (χ1n) is 11.5. The van der Waals surface area contributed by atoms with Crippen molar-refractivity contribution in [2.24, 2.45) is 0 Å². The molecule has 0 saturated carbocycles. The van der Waals surface area contributed by atoms with Crippen LogP contribution in [0, 0.1) is 0 Å². The van der Waals surface area contributed by atoms with Crippen LogP contribution in [0.15, 0.2) is 78.9 Å². The standard InChI is InChI=1S/C27H30N4O2/c32-26(29-24-11-3-1-4-12-24)21-13-15-25(16-14-21)30-27(33)28-19-22-9-5-6-10-23(22)20-31-17-7-2-8-18-31/h1,3-6,9-16H,2,7-8,17-20H2,(H,29,32)(H2,28,30,33). The SMILES string of the molecule is O=C(NCc1ccccc1CN1CCCCC1)Nc1ccc(C(=O)Nc2ccccc2)cc1. The lowest BCUT2D eigenvalue weighted by molar-refractivity contribution is 0.102. The Morgan fingerprint density at radius 2 is 1.33 bits per heavy atom. The van der Waals surface area contributed by atoms with E-state index in [1.165, 1.54) is 24.8 Å². The summed E-state index contributed by atoms with van der Waals surface area (Å²) in [6.45, 7) is 3.67. The van der Waals surface area contributed by atoms with Gasteiger partial charge in [-0.05, 0) is 73.5 Å². The van der Waals surface area contributed by atoms with Gasteiger partial charge in [0.15, 0.2) is 0 Å². The number of anilines is 2. The van der Waals surface area contributed by atoms with Crippen LogP contribution in [-0.4, -0.2) is 29.9 Å². The summed E-state index contributed by atoms with van der Waals surface area (Å²) in [7, 11) is 0. The number of urea groups is 1. The molecule has 3 aromatic rings. The molecule has 6 heteroatoms. The Bertz CT molecular complexity index is 1060. The number of likely N-dealkylation sites (tertiary alicyclic amines) is 1. The molecule has 0 atom stereocenters. The first kappa shape index (κ1) is 22.6. The van der Waals surface area contributed by atoms with Crippen molar-refractivity contribution in [3.05, 3.63) is 95.6 Å². The molecule has 3 amide bonds. The van der Waals surface area contributed by atoms with E-state index >= 15 is 0 Å². The number of hydrogen-bond donors (Lipinski definition) is 3. The van der Waals surface area contributed by atoms with E-state index in [9.17, 15) is 9.59 Å². The van der Waals surface area contributed by atoms with E-state index in [4.69, 9.17) is 0 Å². The predicted molar refractivity (Wildman–Crippen MR) is 132 cm³/mol. The first-order chi connectivity index (χ1) is 16.2. The maximum atomic E-state index is 12.4. The van der Waals surface area contributed by atoms with Gasteiger partial charge in [-0.25, -0.2) is 4.79 Å². The highest BCUT2D eigenvalue weighted by Crippen LogP contribution is 2.17. The lowest BCUT2D eigenvalue weighted by atomic mass is 10.0. The number of amides is 3. The highest BCUT2D eigenvalue weighted by Gasteiger charge is 2.13. The normalized spacial score (nSPS) is 13.8. The number of rotatable bonds is 7. The Morgan fingerprint density at radius 1 is 0.697 bits per heavy atom. The van der Waals surface area contributed by atoms with Crippen molar-refractivity contribution in [2.75, 3.05) is 23.7 Å². The molecule has 0 spiro atoms. The van der Waals surface area contributed by atoms with Crippen molar-refractivity contribution < 1.29 is 9.59 Å². The van der Waals surface area contributed by atoms with Gasteiger partial charge in [0.1, 0.15) is 0 Å². The third kappa shape index (κ3) is 6.67. The lowest BCUT2D eigenvalue weighted by Crippen LogP contribution is -2.31. The topological polar surface area (TPSA) is 73.5 Å². The maximum absolute atomic E-state index is 12.4. The highest BCUT2D eigenvalue weighted by molar-refractivity contribution is 6.04. The van der Waals surface area contributed by atoms with Gasteiger partial charge in [-0.1, -0.05) is 48.9 Å². The molecule has 170 valence electrons. The summed E-state index contributed by atoms with van der Waals surface area (Å²) in [4.78, 5) is 27.3. The van der Waals surface area contributed by atoms with Gasteiger partial charge in [0, 0.05) is 30.0 Å². The van der Waals surface area contributed by atoms with Crippen LogP contribution in [0.2, 0.25) is 0 Å². The van der Waals surface area contributed by atoms with Crippen molar-refractivity contribution >= 4 is 23.3 Å². The van der Waals surface area contributed by atoms with Crippen LogP contribution in [-0.2, 0) is 13.1 Å². The highest BCUT2D eigenvalue weighted by atomic mass is 16.2. The maximum Gasteiger partial charge on any atom is 0.319 e. The number of benzene rings is 3. The minimum atomic E-state index is -0.274. The molecule has 3 aromatic carbocycles. The third-order valence-electron chi connectivity index (χ3n) is 5.84. The predicted octanol–water partition coefficient (Wildman–Crippen LogP) is 5.25. The zero-order valence-electron chi connectivity index (χ0n) is 18.7. The molecule has 1 aliphatic rings. The largest absolute Gasteiger partial charge is 0.334 e. The Kier molecular flexibility index (Phi) is 7.72. The van der Waals surface area contributed by atoms with Crippen molar-refractivity contribution in [1.29, 1.82) is 0 Å². The number of para-hydroxylation sites is 1. The van der Waals surface area contributed by atoms with Crippen molar-refractivity contribution in [1.82, 2.24) is 10.2 Å². The molecular weight excluding hydrogens is 412 g/mol. The molecule has 1 heterocycles. The summed E-state index contributed by atoms with van der Waals surface area (Å²) in [5, 5.41) is 8.63. The second-order valence-corrected chi connectivity index (χ2v) is 8.31. The van der Waals surface area contributed by atoms with Crippen LogP contribution in [0.25, 0.3) is 0 Å². The molecule has 6 nitrogen and oxygen atoms in total. The summed E-state index contributed by atoms with van der Waals surface area (Å²) in [5.74, 6) is -0.192. The fourth-order valence-electron chi connectivity index (χ4n) is 4.02. The van der Waals surface area contributed by atoms with Crippen LogP contribution in [0.1, 0.15) is 40.7 Å². The van der Waals surface area contributed by atoms with E-state index in [1.54, 1.807) is 24.3 Å². The van der Waals surface area contributed by atoms with E-state index in [0.29, 0.717) is 17.8 Å². The van der Waals surface area contributed by atoms with Crippen LogP contribution in [0.3, 0.4) is 0 Å². The molecule has 0 bridgehead atoms. The lowest BCUT2D eigenvalue weighted by Gasteiger charge is -2.27. The van der Waals surface area contributed by atoms with Crippen molar-refractivity contribution in [2.45, 2.75) is 32.4 Å². The monoisotopic (exact) mass is 442 g/mol.